The topological polar surface area (TPSA) is 57.6 Å². The highest BCUT2D eigenvalue weighted by Gasteiger charge is 2.59. The SMILES string of the molecule is C[C@@]1(C=CCl)S[C@@H]2CC(=O)N2[C@H]1C(=O)O. The monoisotopic (exact) mass is 247 g/mol. The van der Waals surface area contributed by atoms with Gasteiger partial charge in [-0.15, -0.1) is 11.8 Å². The Morgan fingerprint density at radius 1 is 1.80 bits per heavy atom. The lowest BCUT2D eigenvalue weighted by atomic mass is 9.97. The zero-order valence-corrected chi connectivity index (χ0v) is 9.59. The van der Waals surface area contributed by atoms with Gasteiger partial charge in [0.25, 0.3) is 0 Å². The largest absolute Gasteiger partial charge is 0.480 e. The van der Waals surface area contributed by atoms with Crippen molar-refractivity contribution < 1.29 is 14.7 Å². The number of hydrogen-bond donors (Lipinski definition) is 1. The van der Waals surface area contributed by atoms with Crippen LogP contribution in [0.1, 0.15) is 13.3 Å². The number of carbonyl (C=O) groups is 2. The lowest BCUT2D eigenvalue weighted by Crippen LogP contribution is -2.57. The molecule has 1 N–H and O–H groups in total. The summed E-state index contributed by atoms with van der Waals surface area (Å²) in [6.07, 6.45) is 2.07. The Morgan fingerprint density at radius 2 is 2.47 bits per heavy atom. The van der Waals surface area contributed by atoms with Gasteiger partial charge < -0.3 is 10.0 Å². The molecule has 6 heteroatoms. The molecule has 2 rings (SSSR count). The Balaban J connectivity index is 2.34. The first-order valence-corrected chi connectivity index (χ1v) is 5.81. The summed E-state index contributed by atoms with van der Waals surface area (Å²) < 4.78 is -0.621. The summed E-state index contributed by atoms with van der Waals surface area (Å²) in [5, 5.41) is 9.13. The first-order valence-electron chi connectivity index (χ1n) is 4.49. The molecule has 3 atom stereocenters. The third-order valence-corrected chi connectivity index (χ3v) is 4.45. The van der Waals surface area contributed by atoms with E-state index >= 15 is 0 Å². The summed E-state index contributed by atoms with van der Waals surface area (Å²) in [6, 6.07) is -0.802. The van der Waals surface area contributed by atoms with Crippen molar-refractivity contribution in [3.05, 3.63) is 11.6 Å². The Kier molecular flexibility index (Phi) is 2.47. The van der Waals surface area contributed by atoms with Crippen molar-refractivity contribution in [3.63, 3.8) is 0 Å². The molecule has 2 saturated heterocycles. The van der Waals surface area contributed by atoms with E-state index in [1.54, 1.807) is 13.0 Å². The molecule has 82 valence electrons. The minimum Gasteiger partial charge on any atom is -0.480 e. The third kappa shape index (κ3) is 1.45. The van der Waals surface area contributed by atoms with Gasteiger partial charge in [0.05, 0.1) is 16.5 Å². The van der Waals surface area contributed by atoms with Crippen molar-refractivity contribution >= 4 is 35.2 Å². The summed E-state index contributed by atoms with van der Waals surface area (Å²) in [6.45, 7) is 1.79. The highest BCUT2D eigenvalue weighted by Crippen LogP contribution is 2.51. The molecule has 0 aromatic heterocycles. The Bertz CT molecular complexity index is 359. The summed E-state index contributed by atoms with van der Waals surface area (Å²) in [7, 11) is 0. The van der Waals surface area contributed by atoms with Crippen LogP contribution in [0.4, 0.5) is 0 Å². The second kappa shape index (κ2) is 3.42. The van der Waals surface area contributed by atoms with Crippen molar-refractivity contribution in [2.75, 3.05) is 0 Å². The molecule has 4 nitrogen and oxygen atoms in total. The van der Waals surface area contributed by atoms with E-state index in [0.29, 0.717) is 6.42 Å². The van der Waals surface area contributed by atoms with Crippen molar-refractivity contribution in [2.45, 2.75) is 29.5 Å². The molecule has 0 radical (unpaired) electrons. The van der Waals surface area contributed by atoms with Crippen LogP contribution in [0.25, 0.3) is 0 Å². The van der Waals surface area contributed by atoms with Crippen LogP contribution in [0.5, 0.6) is 0 Å². The van der Waals surface area contributed by atoms with E-state index < -0.39 is 16.8 Å². The van der Waals surface area contributed by atoms with Gasteiger partial charge in [-0.05, 0) is 6.92 Å². The summed E-state index contributed by atoms with van der Waals surface area (Å²) >= 11 is 6.98. The molecule has 2 heterocycles. The minimum absolute atomic E-state index is 0.00327. The second-order valence-corrected chi connectivity index (χ2v) is 5.71. The van der Waals surface area contributed by atoms with Gasteiger partial charge in [0.2, 0.25) is 5.91 Å². The zero-order chi connectivity index (χ0) is 11.2. The quantitative estimate of drug-likeness (QED) is 0.747. The molecule has 0 spiro atoms. The number of halogens is 1. The van der Waals surface area contributed by atoms with E-state index in [9.17, 15) is 9.59 Å². The van der Waals surface area contributed by atoms with Crippen LogP contribution in [0.15, 0.2) is 11.6 Å². The summed E-state index contributed by atoms with van der Waals surface area (Å²) in [4.78, 5) is 23.9. The average molecular weight is 248 g/mol. The van der Waals surface area contributed by atoms with Crippen LogP contribution in [-0.4, -0.2) is 38.0 Å². The molecule has 0 saturated carbocycles. The van der Waals surface area contributed by atoms with E-state index in [1.165, 1.54) is 22.2 Å². The highest BCUT2D eigenvalue weighted by molar-refractivity contribution is 8.01. The molecule has 0 aromatic carbocycles. The maximum atomic E-state index is 11.3. The van der Waals surface area contributed by atoms with Gasteiger partial charge in [-0.25, -0.2) is 4.79 Å². The molecule has 0 bridgehead atoms. The molecular weight excluding hydrogens is 238 g/mol. The Labute approximate surface area is 96.3 Å². The van der Waals surface area contributed by atoms with Gasteiger partial charge in [0.15, 0.2) is 0 Å². The number of thioether (sulfide) groups is 1. The maximum Gasteiger partial charge on any atom is 0.328 e. The van der Waals surface area contributed by atoms with Gasteiger partial charge in [-0.3, -0.25) is 4.79 Å². The van der Waals surface area contributed by atoms with Crippen LogP contribution in [0, 0.1) is 0 Å². The number of carbonyl (C=O) groups excluding carboxylic acids is 1. The second-order valence-electron chi connectivity index (χ2n) is 3.79. The fourth-order valence-electron chi connectivity index (χ4n) is 2.06. The van der Waals surface area contributed by atoms with Crippen molar-refractivity contribution in [1.82, 2.24) is 4.90 Å². The van der Waals surface area contributed by atoms with Crippen LogP contribution in [0.2, 0.25) is 0 Å². The fourth-order valence-corrected chi connectivity index (χ4v) is 4.05. The normalized spacial score (nSPS) is 39.3. The van der Waals surface area contributed by atoms with E-state index in [0.717, 1.165) is 0 Å². The fraction of sp³-hybridized carbons (Fsp3) is 0.556. The van der Waals surface area contributed by atoms with Crippen LogP contribution in [-0.2, 0) is 9.59 Å². The molecule has 2 aliphatic rings. The van der Waals surface area contributed by atoms with E-state index in [-0.39, 0.29) is 11.3 Å². The number of aliphatic carboxylic acids is 1. The molecule has 2 fully saturated rings. The van der Waals surface area contributed by atoms with Crippen LogP contribution in [0.3, 0.4) is 0 Å². The first kappa shape index (κ1) is 10.8. The maximum absolute atomic E-state index is 11.3. The Morgan fingerprint density at radius 3 is 2.93 bits per heavy atom. The number of fused-ring (bicyclic) bond motifs is 1. The number of carboxylic acids is 1. The lowest BCUT2D eigenvalue weighted by molar-refractivity contribution is -0.156. The predicted octanol–water partition coefficient (Wildman–Crippen LogP) is 1.26. The third-order valence-electron chi connectivity index (χ3n) is 2.79. The van der Waals surface area contributed by atoms with Gasteiger partial charge in [0.1, 0.15) is 6.04 Å². The minimum atomic E-state index is -0.977. The smallest absolute Gasteiger partial charge is 0.328 e. The molecule has 0 aliphatic carbocycles. The zero-order valence-electron chi connectivity index (χ0n) is 8.01. The standard InChI is InChI=1S/C9H10ClNO3S/c1-9(2-3-10)7(8(13)14)11-5(12)4-6(11)15-9/h2-3,6-7H,4H2,1H3,(H,13,14)/t6-,7+,9+/m1/s1. The molecule has 15 heavy (non-hydrogen) atoms. The average Bonchev–Trinajstić information content (AvgIpc) is 2.35. The molecule has 1 amide bonds. The van der Waals surface area contributed by atoms with Crippen LogP contribution < -0.4 is 0 Å². The van der Waals surface area contributed by atoms with Gasteiger partial charge in [-0.1, -0.05) is 17.7 Å². The van der Waals surface area contributed by atoms with Crippen molar-refractivity contribution in [1.29, 1.82) is 0 Å². The van der Waals surface area contributed by atoms with Crippen molar-refractivity contribution in [3.8, 4) is 0 Å². The number of carboxylic acid groups (broad SMARTS) is 1. The summed E-state index contributed by atoms with van der Waals surface area (Å²) in [5.41, 5.74) is 1.32. The van der Waals surface area contributed by atoms with E-state index in [4.69, 9.17) is 16.7 Å². The van der Waals surface area contributed by atoms with Gasteiger partial charge in [-0.2, -0.15) is 0 Å². The lowest BCUT2D eigenvalue weighted by Gasteiger charge is -2.36. The number of nitrogens with zero attached hydrogens (tertiary/aromatic N) is 1. The van der Waals surface area contributed by atoms with Crippen molar-refractivity contribution in [2.24, 2.45) is 0 Å². The Hall–Kier alpha value is -0.680. The molecule has 0 unspecified atom stereocenters. The predicted molar refractivity (Wildman–Crippen MR) is 57.7 cm³/mol. The number of β-lactam (4-membered cyclic amide) rings is 1. The first-order chi connectivity index (χ1) is 6.99. The molecule has 2 aliphatic heterocycles. The van der Waals surface area contributed by atoms with Gasteiger partial charge >= 0.3 is 5.97 Å². The van der Waals surface area contributed by atoms with Gasteiger partial charge in [0, 0.05) is 5.54 Å². The molecule has 0 aromatic rings. The summed E-state index contributed by atoms with van der Waals surface area (Å²) in [5.74, 6) is -1.07. The highest BCUT2D eigenvalue weighted by atomic mass is 35.5. The van der Waals surface area contributed by atoms with E-state index in [2.05, 4.69) is 0 Å². The number of rotatable bonds is 2. The van der Waals surface area contributed by atoms with Crippen LogP contribution >= 0.6 is 23.4 Å². The number of amides is 1. The molecular formula is C9H10ClNO3S. The van der Waals surface area contributed by atoms with E-state index in [1.807, 2.05) is 0 Å². The number of hydrogen-bond acceptors (Lipinski definition) is 3.